The number of hydrogen-bond acceptors (Lipinski definition) is 8. The molecule has 1 aliphatic heterocycles. The molecule has 2 fully saturated rings. The summed E-state index contributed by atoms with van der Waals surface area (Å²) >= 11 is 0. The summed E-state index contributed by atoms with van der Waals surface area (Å²) < 4.78 is 19.4. The molecule has 0 aromatic heterocycles. The Labute approximate surface area is 324 Å². The third kappa shape index (κ3) is 9.12. The standard InChI is InChI=1S/C42H46FN5O8/c1-26(22-44-36(50)17-18-37(51)45-23-28-7-11-31(12-8-28)39(53)30-5-3-4-6-30)47(24-29-9-13-33(43)14-10-29)38(52)25-48-40(54)42(56-41(48)55)20-19-32-21-34(46-27(2)49)15-16-35(32)42/h7-16,21,26,30H,3-6,17-20,22-25H2,1-2H3,(H,44,50)(H,45,51)(H,46,49)/t26-,42+/m0/s1. The second-order valence-electron chi connectivity index (χ2n) is 14.8. The maximum atomic E-state index is 13.9. The highest BCUT2D eigenvalue weighted by Crippen LogP contribution is 2.46. The van der Waals surface area contributed by atoms with Crippen molar-refractivity contribution in [2.75, 3.05) is 18.4 Å². The zero-order valence-corrected chi connectivity index (χ0v) is 31.5. The molecule has 1 saturated heterocycles. The average Bonchev–Trinajstić information content (AvgIpc) is 3.91. The first kappa shape index (κ1) is 39.8. The van der Waals surface area contributed by atoms with Crippen LogP contribution in [0, 0.1) is 11.7 Å². The minimum atomic E-state index is -1.59. The monoisotopic (exact) mass is 767 g/mol. The molecule has 2 aliphatic carbocycles. The molecule has 0 radical (unpaired) electrons. The number of nitrogens with one attached hydrogen (secondary N) is 3. The quantitative estimate of drug-likeness (QED) is 0.183. The highest BCUT2D eigenvalue weighted by Gasteiger charge is 2.58. The molecule has 1 saturated carbocycles. The number of carbonyl (C=O) groups is 7. The Hall–Kier alpha value is -5.92. The summed E-state index contributed by atoms with van der Waals surface area (Å²) in [6.07, 6.45) is 3.46. The van der Waals surface area contributed by atoms with Crippen LogP contribution in [0.2, 0.25) is 0 Å². The predicted molar refractivity (Wildman–Crippen MR) is 202 cm³/mol. The zero-order chi connectivity index (χ0) is 40.0. The first-order valence-electron chi connectivity index (χ1n) is 19.0. The second kappa shape index (κ2) is 17.3. The van der Waals surface area contributed by atoms with E-state index in [1.165, 1.54) is 36.1 Å². The molecule has 0 bridgehead atoms. The molecule has 2 atom stereocenters. The van der Waals surface area contributed by atoms with Gasteiger partial charge in [0.05, 0.1) is 0 Å². The van der Waals surface area contributed by atoms with Gasteiger partial charge in [0.25, 0.3) is 5.91 Å². The number of rotatable bonds is 15. The van der Waals surface area contributed by atoms with Crippen LogP contribution in [0.25, 0.3) is 0 Å². The van der Waals surface area contributed by atoms with Gasteiger partial charge in [0.1, 0.15) is 12.4 Å². The summed E-state index contributed by atoms with van der Waals surface area (Å²) in [6.45, 7) is 2.67. The minimum Gasteiger partial charge on any atom is -0.427 e. The molecule has 1 spiro atoms. The lowest BCUT2D eigenvalue weighted by atomic mass is 9.94. The van der Waals surface area contributed by atoms with Crippen molar-refractivity contribution in [3.05, 3.63) is 100 Å². The van der Waals surface area contributed by atoms with Crippen molar-refractivity contribution in [3.8, 4) is 0 Å². The Bertz CT molecular complexity index is 2010. The second-order valence-corrected chi connectivity index (χ2v) is 14.8. The molecule has 3 N–H and O–H groups in total. The van der Waals surface area contributed by atoms with Gasteiger partial charge >= 0.3 is 6.09 Å². The number of fused-ring (bicyclic) bond motifs is 2. The molecule has 0 unspecified atom stereocenters. The van der Waals surface area contributed by atoms with Crippen LogP contribution in [0.5, 0.6) is 0 Å². The van der Waals surface area contributed by atoms with E-state index in [1.54, 1.807) is 37.3 Å². The number of carbonyl (C=O) groups excluding carboxylic acids is 7. The third-order valence-corrected chi connectivity index (χ3v) is 10.7. The molecule has 13 nitrogen and oxygen atoms in total. The highest BCUT2D eigenvalue weighted by atomic mass is 19.1. The Morgan fingerprint density at radius 1 is 0.911 bits per heavy atom. The van der Waals surface area contributed by atoms with Gasteiger partial charge < -0.3 is 25.6 Å². The molecule has 1 heterocycles. The van der Waals surface area contributed by atoms with Crippen molar-refractivity contribution in [1.82, 2.24) is 20.4 Å². The predicted octanol–water partition coefficient (Wildman–Crippen LogP) is 4.91. The van der Waals surface area contributed by atoms with Gasteiger partial charge in [-0.05, 0) is 67.1 Å². The van der Waals surface area contributed by atoms with Crippen LogP contribution in [0.3, 0.4) is 0 Å². The largest absolute Gasteiger partial charge is 0.427 e. The average molecular weight is 768 g/mol. The lowest BCUT2D eigenvalue weighted by Crippen LogP contribution is -2.50. The molecule has 294 valence electrons. The van der Waals surface area contributed by atoms with Crippen molar-refractivity contribution < 1.29 is 42.7 Å². The van der Waals surface area contributed by atoms with Crippen LogP contribution in [0.15, 0.2) is 66.7 Å². The number of halogens is 1. The van der Waals surface area contributed by atoms with E-state index in [0.29, 0.717) is 28.8 Å². The normalized spacial score (nSPS) is 18.0. The summed E-state index contributed by atoms with van der Waals surface area (Å²) in [5.74, 6) is -2.48. The number of Topliss-reactive ketones (excluding diaryl/α,β-unsaturated/α-hetero) is 1. The smallest absolute Gasteiger partial charge is 0.418 e. The van der Waals surface area contributed by atoms with E-state index >= 15 is 0 Å². The Balaban J connectivity index is 1.02. The number of anilines is 1. The summed E-state index contributed by atoms with van der Waals surface area (Å²) in [7, 11) is 0. The van der Waals surface area contributed by atoms with E-state index in [-0.39, 0.29) is 62.4 Å². The Kier molecular flexibility index (Phi) is 12.3. The van der Waals surface area contributed by atoms with E-state index in [2.05, 4.69) is 16.0 Å². The fourth-order valence-electron chi connectivity index (χ4n) is 7.62. The highest BCUT2D eigenvalue weighted by molar-refractivity contribution is 6.06. The summed E-state index contributed by atoms with van der Waals surface area (Å²) in [5, 5.41) is 8.25. The van der Waals surface area contributed by atoms with E-state index in [4.69, 9.17) is 4.74 Å². The van der Waals surface area contributed by atoms with Gasteiger partial charge in [-0.15, -0.1) is 0 Å². The van der Waals surface area contributed by atoms with Crippen LogP contribution >= 0.6 is 0 Å². The van der Waals surface area contributed by atoms with Crippen LogP contribution in [0.1, 0.15) is 91.4 Å². The van der Waals surface area contributed by atoms with Gasteiger partial charge in [0.2, 0.25) is 29.2 Å². The maximum absolute atomic E-state index is 13.9. The lowest BCUT2D eigenvalue weighted by Gasteiger charge is -2.31. The summed E-state index contributed by atoms with van der Waals surface area (Å²) in [5.41, 5.74) is 2.27. The van der Waals surface area contributed by atoms with Crippen molar-refractivity contribution in [3.63, 3.8) is 0 Å². The molecule has 3 aromatic carbocycles. The first-order chi connectivity index (χ1) is 26.8. The Morgan fingerprint density at radius 3 is 2.25 bits per heavy atom. The van der Waals surface area contributed by atoms with Crippen molar-refractivity contribution in [2.24, 2.45) is 5.92 Å². The fraction of sp³-hybridized carbons (Fsp3) is 0.405. The van der Waals surface area contributed by atoms with Crippen LogP contribution in [0.4, 0.5) is 14.9 Å². The van der Waals surface area contributed by atoms with Crippen molar-refractivity contribution in [2.45, 2.75) is 89.9 Å². The van der Waals surface area contributed by atoms with E-state index in [1.807, 2.05) is 12.1 Å². The van der Waals surface area contributed by atoms with E-state index < -0.39 is 47.8 Å². The van der Waals surface area contributed by atoms with Gasteiger partial charge in [0.15, 0.2) is 5.78 Å². The number of ketones is 1. The third-order valence-electron chi connectivity index (χ3n) is 10.7. The zero-order valence-electron chi connectivity index (χ0n) is 31.5. The lowest BCUT2D eigenvalue weighted by molar-refractivity contribution is -0.143. The molecular formula is C42H46FN5O8. The number of ether oxygens (including phenoxy) is 1. The van der Waals surface area contributed by atoms with E-state index in [9.17, 15) is 38.0 Å². The molecule has 56 heavy (non-hydrogen) atoms. The first-order valence-corrected chi connectivity index (χ1v) is 19.0. The van der Waals surface area contributed by atoms with Crippen LogP contribution < -0.4 is 16.0 Å². The van der Waals surface area contributed by atoms with Gasteiger partial charge in [0, 0.05) is 74.6 Å². The van der Waals surface area contributed by atoms with Gasteiger partial charge in [-0.2, -0.15) is 0 Å². The van der Waals surface area contributed by atoms with Gasteiger partial charge in [-0.1, -0.05) is 55.3 Å². The van der Waals surface area contributed by atoms with Crippen molar-refractivity contribution >= 4 is 47.1 Å². The molecule has 3 aromatic rings. The molecular weight excluding hydrogens is 721 g/mol. The Morgan fingerprint density at radius 2 is 1.57 bits per heavy atom. The number of amides is 6. The number of nitrogens with zero attached hydrogens (tertiary/aromatic N) is 2. The number of benzene rings is 3. The van der Waals surface area contributed by atoms with Crippen LogP contribution in [-0.4, -0.2) is 70.3 Å². The van der Waals surface area contributed by atoms with Gasteiger partial charge in [-0.3, -0.25) is 28.8 Å². The minimum absolute atomic E-state index is 0.00828. The fourth-order valence-corrected chi connectivity index (χ4v) is 7.62. The van der Waals surface area contributed by atoms with Crippen molar-refractivity contribution in [1.29, 1.82) is 0 Å². The number of hydrogen-bond donors (Lipinski definition) is 3. The molecule has 14 heteroatoms. The number of imide groups is 1. The van der Waals surface area contributed by atoms with E-state index in [0.717, 1.165) is 41.7 Å². The SMILES string of the molecule is CC(=O)Nc1ccc2c(c1)CC[C@@]21OC(=O)N(CC(=O)N(Cc2ccc(F)cc2)[C@@H](C)CNC(=O)CCC(=O)NCc2ccc(C(=O)C3CCCC3)cc2)C1=O. The summed E-state index contributed by atoms with van der Waals surface area (Å²) in [4.78, 5) is 92.6. The molecule has 6 rings (SSSR count). The molecule has 6 amide bonds. The molecule has 3 aliphatic rings. The number of aryl methyl sites for hydroxylation is 1. The maximum Gasteiger partial charge on any atom is 0.418 e. The van der Waals surface area contributed by atoms with Gasteiger partial charge in [-0.25, -0.2) is 14.1 Å². The summed E-state index contributed by atoms with van der Waals surface area (Å²) in [6, 6.07) is 17.1. The topological polar surface area (TPSA) is 171 Å². The van der Waals surface area contributed by atoms with Crippen LogP contribution in [-0.2, 0) is 53.8 Å².